The molecule has 0 aliphatic heterocycles. The molecule has 0 aromatic heterocycles. The summed E-state index contributed by atoms with van der Waals surface area (Å²) in [6.45, 7) is 6.12. The van der Waals surface area contributed by atoms with Crippen LogP contribution in [0.25, 0.3) is 0 Å². The topological polar surface area (TPSA) is 12.4 Å². The molecule has 0 radical (unpaired) electrons. The molecule has 0 bridgehead atoms. The predicted molar refractivity (Wildman–Crippen MR) is 60.5 cm³/mol. The number of alkyl halides is 1. The van der Waals surface area contributed by atoms with Crippen molar-refractivity contribution in [3.05, 3.63) is 23.9 Å². The van der Waals surface area contributed by atoms with E-state index in [1.54, 1.807) is 6.21 Å². The molecule has 0 aromatic rings. The van der Waals surface area contributed by atoms with E-state index < -0.39 is 0 Å². The highest BCUT2D eigenvalue weighted by Crippen LogP contribution is 2.12. The van der Waals surface area contributed by atoms with Crippen molar-refractivity contribution in [2.45, 2.75) is 24.7 Å². The summed E-state index contributed by atoms with van der Waals surface area (Å²) in [6.07, 6.45) is 7.75. The second-order valence-electron chi connectivity index (χ2n) is 2.13. The lowest BCUT2D eigenvalue weighted by atomic mass is 10.2. The van der Waals surface area contributed by atoms with Gasteiger partial charge in [-0.25, -0.2) is 0 Å². The summed E-state index contributed by atoms with van der Waals surface area (Å²) in [5, 5.41) is 0. The Morgan fingerprint density at radius 2 is 2.09 bits per heavy atom. The highest BCUT2D eigenvalue weighted by Gasteiger charge is 1.96. The first-order chi connectivity index (χ1) is 5.22. The maximum Gasteiger partial charge on any atom is 0.0328 e. The van der Waals surface area contributed by atoms with Crippen molar-refractivity contribution < 1.29 is 0 Å². The number of allylic oxidation sites excluding steroid dienone is 3. The van der Waals surface area contributed by atoms with E-state index in [0.717, 1.165) is 0 Å². The van der Waals surface area contributed by atoms with Gasteiger partial charge >= 0.3 is 0 Å². The van der Waals surface area contributed by atoms with Crippen LogP contribution in [0.3, 0.4) is 0 Å². The molecule has 0 aliphatic rings. The van der Waals surface area contributed by atoms with E-state index in [9.17, 15) is 0 Å². The van der Waals surface area contributed by atoms with Crippen molar-refractivity contribution in [1.82, 2.24) is 0 Å². The Labute approximate surface area is 82.4 Å². The first kappa shape index (κ1) is 10.9. The second-order valence-corrected chi connectivity index (χ2v) is 4.00. The third-order valence-electron chi connectivity index (χ3n) is 1.29. The Morgan fingerprint density at radius 3 is 2.45 bits per heavy atom. The maximum absolute atomic E-state index is 3.99. The largest absolute Gasteiger partial charge is 0.269 e. The molecule has 0 heterocycles. The monoisotopic (exact) mass is 263 g/mol. The molecule has 0 rings (SSSR count). The van der Waals surface area contributed by atoms with Gasteiger partial charge in [0.05, 0.1) is 0 Å². The van der Waals surface area contributed by atoms with Crippen LogP contribution >= 0.6 is 22.6 Å². The minimum Gasteiger partial charge on any atom is -0.269 e. The third-order valence-corrected chi connectivity index (χ3v) is 2.01. The van der Waals surface area contributed by atoms with Crippen LogP contribution in [-0.4, -0.2) is 10.1 Å². The molecule has 2 heteroatoms. The third kappa shape index (κ3) is 5.18. The van der Waals surface area contributed by atoms with Gasteiger partial charge < -0.3 is 0 Å². The zero-order valence-electron chi connectivity index (χ0n) is 7.21. The highest BCUT2D eigenvalue weighted by atomic mass is 127. The molecule has 0 aromatic carbocycles. The van der Waals surface area contributed by atoms with Crippen LogP contribution in [-0.2, 0) is 0 Å². The van der Waals surface area contributed by atoms with Crippen LogP contribution in [0.15, 0.2) is 28.9 Å². The average Bonchev–Trinajstić information content (AvgIpc) is 1.97. The molecule has 0 aliphatic carbocycles. The molecule has 11 heavy (non-hydrogen) atoms. The van der Waals surface area contributed by atoms with Gasteiger partial charge in [0.15, 0.2) is 0 Å². The average molecular weight is 263 g/mol. The van der Waals surface area contributed by atoms with Crippen LogP contribution in [0.2, 0.25) is 0 Å². The van der Waals surface area contributed by atoms with Crippen molar-refractivity contribution in [3.63, 3.8) is 0 Å². The molecule has 0 N–H and O–H groups in total. The Hall–Kier alpha value is -0.120. The van der Waals surface area contributed by atoms with Gasteiger partial charge in [-0.05, 0) is 32.4 Å². The zero-order valence-corrected chi connectivity index (χ0v) is 9.37. The Kier molecular flexibility index (Phi) is 6.51. The lowest BCUT2D eigenvalue weighted by Crippen LogP contribution is -1.91. The molecule has 0 fully saturated rings. The van der Waals surface area contributed by atoms with Gasteiger partial charge in [-0.2, -0.15) is 0 Å². The van der Waals surface area contributed by atoms with E-state index in [-0.39, 0.29) is 0 Å². The van der Waals surface area contributed by atoms with Gasteiger partial charge in [0.2, 0.25) is 0 Å². The fraction of sp³-hybridized carbons (Fsp3) is 0.444. The van der Waals surface area contributed by atoms with Gasteiger partial charge in [0.1, 0.15) is 0 Å². The van der Waals surface area contributed by atoms with E-state index >= 15 is 0 Å². The van der Waals surface area contributed by atoms with Crippen molar-refractivity contribution in [1.29, 1.82) is 0 Å². The summed E-state index contributed by atoms with van der Waals surface area (Å²) < 4.78 is 0.556. The van der Waals surface area contributed by atoms with Crippen LogP contribution in [0, 0.1) is 0 Å². The Morgan fingerprint density at radius 1 is 1.45 bits per heavy atom. The van der Waals surface area contributed by atoms with Crippen LogP contribution in [0.5, 0.6) is 0 Å². The number of hydrogen-bond donors (Lipinski definition) is 0. The predicted octanol–water partition coefficient (Wildman–Crippen LogP) is 3.36. The molecule has 1 unspecified atom stereocenters. The molecule has 0 spiro atoms. The Balaban J connectivity index is 4.10. The lowest BCUT2D eigenvalue weighted by molar-refractivity contribution is 1.20. The molecule has 0 saturated heterocycles. The smallest absolute Gasteiger partial charge is 0.0328 e. The number of nitrogens with zero attached hydrogens (tertiary/aromatic N) is 1. The van der Waals surface area contributed by atoms with E-state index in [1.807, 2.05) is 26.1 Å². The summed E-state index contributed by atoms with van der Waals surface area (Å²) in [6, 6.07) is 0. The van der Waals surface area contributed by atoms with Gasteiger partial charge in [-0.15, -0.1) is 0 Å². The standard InChI is InChI=1S/C9H14IN/c1-4-9(8(3)10)6-7-11-5-2/h4-8H,1-3H3/b7-6-,9-4+,11-5-. The molecule has 1 atom stereocenters. The number of hydrogen-bond acceptors (Lipinski definition) is 1. The molecular formula is C9H14IN. The first-order valence-electron chi connectivity index (χ1n) is 3.67. The van der Waals surface area contributed by atoms with Gasteiger partial charge in [0.25, 0.3) is 0 Å². The summed E-state index contributed by atoms with van der Waals surface area (Å²) in [7, 11) is 0. The SMILES string of the molecule is C\C=N/C=C\C(=C/C)C(C)I. The fourth-order valence-corrected chi connectivity index (χ4v) is 1.24. The van der Waals surface area contributed by atoms with E-state index in [4.69, 9.17) is 0 Å². The summed E-state index contributed by atoms with van der Waals surface area (Å²) in [5.41, 5.74) is 1.32. The summed E-state index contributed by atoms with van der Waals surface area (Å²) in [5.74, 6) is 0. The van der Waals surface area contributed by atoms with Crippen molar-refractivity contribution >= 4 is 28.8 Å². The summed E-state index contributed by atoms with van der Waals surface area (Å²) >= 11 is 2.38. The maximum atomic E-state index is 3.99. The molecule has 0 amide bonds. The van der Waals surface area contributed by atoms with E-state index in [1.165, 1.54) is 5.57 Å². The van der Waals surface area contributed by atoms with Crippen LogP contribution < -0.4 is 0 Å². The van der Waals surface area contributed by atoms with Crippen molar-refractivity contribution in [2.24, 2.45) is 4.99 Å². The lowest BCUT2D eigenvalue weighted by Gasteiger charge is -2.01. The second kappa shape index (κ2) is 6.58. The van der Waals surface area contributed by atoms with E-state index in [2.05, 4.69) is 40.6 Å². The zero-order chi connectivity index (χ0) is 8.69. The quantitative estimate of drug-likeness (QED) is 0.320. The minimum atomic E-state index is 0.556. The summed E-state index contributed by atoms with van der Waals surface area (Å²) in [4.78, 5) is 3.99. The first-order valence-corrected chi connectivity index (χ1v) is 4.91. The van der Waals surface area contributed by atoms with Gasteiger partial charge in [-0.1, -0.05) is 28.7 Å². The molecular weight excluding hydrogens is 249 g/mol. The minimum absolute atomic E-state index is 0.556. The molecule has 1 nitrogen and oxygen atoms in total. The van der Waals surface area contributed by atoms with Crippen molar-refractivity contribution in [2.75, 3.05) is 0 Å². The number of aliphatic imine (C=N–C) groups is 1. The Bertz CT molecular complexity index is 178. The van der Waals surface area contributed by atoms with Gasteiger partial charge in [-0.3, -0.25) is 4.99 Å². The molecule has 62 valence electrons. The number of rotatable bonds is 3. The van der Waals surface area contributed by atoms with Crippen LogP contribution in [0.1, 0.15) is 20.8 Å². The normalized spacial score (nSPS) is 16.5. The molecule has 0 saturated carbocycles. The van der Waals surface area contributed by atoms with Crippen molar-refractivity contribution in [3.8, 4) is 0 Å². The van der Waals surface area contributed by atoms with Crippen LogP contribution in [0.4, 0.5) is 0 Å². The number of halogens is 1. The van der Waals surface area contributed by atoms with Gasteiger partial charge in [0, 0.05) is 16.3 Å². The fourth-order valence-electron chi connectivity index (χ4n) is 0.674. The van der Waals surface area contributed by atoms with E-state index in [0.29, 0.717) is 3.92 Å². The highest BCUT2D eigenvalue weighted by molar-refractivity contribution is 14.1.